The van der Waals surface area contributed by atoms with Gasteiger partial charge in [0.2, 0.25) is 5.91 Å². The minimum absolute atomic E-state index is 0.0694. The van der Waals surface area contributed by atoms with Gasteiger partial charge < -0.3 is 10.6 Å². The number of amides is 1. The molecule has 12 heavy (non-hydrogen) atoms. The Morgan fingerprint density at radius 2 is 2.25 bits per heavy atom. The molecule has 2 N–H and O–H groups in total. The Morgan fingerprint density at radius 3 is 2.67 bits per heavy atom. The number of rotatable bonds is 3. The molecule has 0 aromatic heterocycles. The van der Waals surface area contributed by atoms with Crippen LogP contribution in [0.3, 0.4) is 0 Å². The van der Waals surface area contributed by atoms with Crippen molar-refractivity contribution < 1.29 is 4.79 Å². The van der Waals surface area contributed by atoms with Gasteiger partial charge in [0, 0.05) is 19.5 Å². The lowest BCUT2D eigenvalue weighted by molar-refractivity contribution is -0.128. The van der Waals surface area contributed by atoms with Gasteiger partial charge in [-0.2, -0.15) is 0 Å². The molecule has 1 rings (SSSR count). The molecule has 0 aliphatic carbocycles. The summed E-state index contributed by atoms with van der Waals surface area (Å²) in [6.45, 7) is 6.55. The zero-order valence-corrected chi connectivity index (χ0v) is 7.97. The van der Waals surface area contributed by atoms with Gasteiger partial charge in [-0.25, -0.2) is 0 Å². The minimum atomic E-state index is 0.0694. The second-order valence-corrected chi connectivity index (χ2v) is 4.29. The number of carbonyl (C=O) groups is 1. The highest BCUT2D eigenvalue weighted by Gasteiger charge is 2.26. The Bertz CT molecular complexity index is 177. The first-order chi connectivity index (χ1) is 5.55. The summed E-state index contributed by atoms with van der Waals surface area (Å²) >= 11 is 0. The normalized spacial score (nSPS) is 18.9. The zero-order chi connectivity index (χ0) is 9.19. The van der Waals surface area contributed by atoms with Crippen molar-refractivity contribution in [1.29, 1.82) is 0 Å². The molecule has 0 unspecified atom stereocenters. The Kier molecular flexibility index (Phi) is 2.73. The summed E-state index contributed by atoms with van der Waals surface area (Å²) in [6, 6.07) is 0. The van der Waals surface area contributed by atoms with Gasteiger partial charge in [0.15, 0.2) is 0 Å². The highest BCUT2D eigenvalue weighted by atomic mass is 16.2. The second kappa shape index (κ2) is 3.44. The molecular formula is C9H18N2O. The Morgan fingerprint density at radius 1 is 1.58 bits per heavy atom. The molecule has 70 valence electrons. The standard InChI is InChI=1S/C9H18N2O/c1-9(2,6-10)7-11-5-3-4-8(11)12/h3-7,10H2,1-2H3. The number of likely N-dealkylation sites (tertiary alicyclic amines) is 1. The van der Waals surface area contributed by atoms with E-state index in [1.54, 1.807) is 0 Å². The predicted octanol–water partition coefficient (Wildman–Crippen LogP) is 0.594. The summed E-state index contributed by atoms with van der Waals surface area (Å²) in [6.07, 6.45) is 1.74. The molecule has 1 aliphatic rings. The van der Waals surface area contributed by atoms with Crippen molar-refractivity contribution in [2.45, 2.75) is 26.7 Å². The van der Waals surface area contributed by atoms with E-state index in [-0.39, 0.29) is 11.3 Å². The van der Waals surface area contributed by atoms with E-state index in [1.165, 1.54) is 0 Å². The summed E-state index contributed by atoms with van der Waals surface area (Å²) in [5.74, 6) is 0.288. The summed E-state index contributed by atoms with van der Waals surface area (Å²) in [7, 11) is 0. The molecule has 1 aliphatic heterocycles. The van der Waals surface area contributed by atoms with Crippen LogP contribution >= 0.6 is 0 Å². The summed E-state index contributed by atoms with van der Waals surface area (Å²) < 4.78 is 0. The zero-order valence-electron chi connectivity index (χ0n) is 7.97. The van der Waals surface area contributed by atoms with Gasteiger partial charge in [-0.1, -0.05) is 13.8 Å². The largest absolute Gasteiger partial charge is 0.342 e. The van der Waals surface area contributed by atoms with E-state index in [1.807, 2.05) is 4.90 Å². The third-order valence-corrected chi connectivity index (χ3v) is 2.34. The van der Waals surface area contributed by atoms with E-state index in [0.717, 1.165) is 25.9 Å². The molecule has 3 nitrogen and oxygen atoms in total. The average Bonchev–Trinajstić information content (AvgIpc) is 2.36. The summed E-state index contributed by atoms with van der Waals surface area (Å²) in [5, 5.41) is 0. The molecule has 0 bridgehead atoms. The van der Waals surface area contributed by atoms with Gasteiger partial charge in [-0.3, -0.25) is 4.79 Å². The molecular weight excluding hydrogens is 152 g/mol. The molecule has 0 aromatic carbocycles. The van der Waals surface area contributed by atoms with Crippen molar-refractivity contribution >= 4 is 5.91 Å². The minimum Gasteiger partial charge on any atom is -0.342 e. The molecule has 0 radical (unpaired) electrons. The van der Waals surface area contributed by atoms with Gasteiger partial charge in [-0.15, -0.1) is 0 Å². The van der Waals surface area contributed by atoms with Crippen LogP contribution in [0.25, 0.3) is 0 Å². The van der Waals surface area contributed by atoms with Crippen molar-refractivity contribution in [3.63, 3.8) is 0 Å². The maximum absolute atomic E-state index is 11.3. The SMILES string of the molecule is CC(C)(CN)CN1CCCC1=O. The van der Waals surface area contributed by atoms with Crippen LogP contribution in [0.1, 0.15) is 26.7 Å². The number of nitrogens with zero attached hydrogens (tertiary/aromatic N) is 1. The van der Waals surface area contributed by atoms with Gasteiger partial charge >= 0.3 is 0 Å². The van der Waals surface area contributed by atoms with Crippen LogP contribution in [0.4, 0.5) is 0 Å². The van der Waals surface area contributed by atoms with Crippen LogP contribution < -0.4 is 5.73 Å². The monoisotopic (exact) mass is 170 g/mol. The summed E-state index contributed by atoms with van der Waals surface area (Å²) in [4.78, 5) is 13.2. The van der Waals surface area contributed by atoms with Crippen LogP contribution in [0.5, 0.6) is 0 Å². The second-order valence-electron chi connectivity index (χ2n) is 4.29. The van der Waals surface area contributed by atoms with Crippen molar-refractivity contribution in [1.82, 2.24) is 4.90 Å². The maximum atomic E-state index is 11.3. The van der Waals surface area contributed by atoms with Gasteiger partial charge in [0.1, 0.15) is 0 Å². The Balaban J connectivity index is 2.45. The topological polar surface area (TPSA) is 46.3 Å². The molecule has 1 amide bonds. The van der Waals surface area contributed by atoms with Crippen LogP contribution in [0.15, 0.2) is 0 Å². The molecule has 0 saturated carbocycles. The van der Waals surface area contributed by atoms with Gasteiger partial charge in [0.25, 0.3) is 0 Å². The molecule has 0 spiro atoms. The average molecular weight is 170 g/mol. The van der Waals surface area contributed by atoms with E-state index >= 15 is 0 Å². The fourth-order valence-corrected chi connectivity index (χ4v) is 1.45. The van der Waals surface area contributed by atoms with Crippen molar-refractivity contribution in [2.24, 2.45) is 11.1 Å². The number of nitrogens with two attached hydrogens (primary N) is 1. The Labute approximate surface area is 73.9 Å². The highest BCUT2D eigenvalue weighted by molar-refractivity contribution is 5.78. The van der Waals surface area contributed by atoms with Gasteiger partial charge in [0.05, 0.1) is 0 Å². The van der Waals surface area contributed by atoms with E-state index in [2.05, 4.69) is 13.8 Å². The first-order valence-corrected chi connectivity index (χ1v) is 4.53. The van der Waals surface area contributed by atoms with Crippen molar-refractivity contribution in [2.75, 3.05) is 19.6 Å². The van der Waals surface area contributed by atoms with Crippen LogP contribution in [0.2, 0.25) is 0 Å². The van der Waals surface area contributed by atoms with Crippen molar-refractivity contribution in [3.05, 3.63) is 0 Å². The first kappa shape index (κ1) is 9.52. The fraction of sp³-hybridized carbons (Fsp3) is 0.889. The predicted molar refractivity (Wildman–Crippen MR) is 48.6 cm³/mol. The van der Waals surface area contributed by atoms with Crippen molar-refractivity contribution in [3.8, 4) is 0 Å². The Hall–Kier alpha value is -0.570. The smallest absolute Gasteiger partial charge is 0.222 e. The number of hydrogen-bond acceptors (Lipinski definition) is 2. The van der Waals surface area contributed by atoms with E-state index < -0.39 is 0 Å². The summed E-state index contributed by atoms with van der Waals surface area (Å²) in [5.41, 5.74) is 5.66. The third kappa shape index (κ3) is 2.21. The van der Waals surface area contributed by atoms with Crippen LogP contribution in [0, 0.1) is 5.41 Å². The maximum Gasteiger partial charge on any atom is 0.222 e. The molecule has 3 heteroatoms. The van der Waals surface area contributed by atoms with Crippen LogP contribution in [-0.2, 0) is 4.79 Å². The lowest BCUT2D eigenvalue weighted by Gasteiger charge is -2.28. The molecule has 1 heterocycles. The fourth-order valence-electron chi connectivity index (χ4n) is 1.45. The lowest BCUT2D eigenvalue weighted by atomic mass is 9.93. The van der Waals surface area contributed by atoms with E-state index in [9.17, 15) is 4.79 Å². The molecule has 1 fully saturated rings. The lowest BCUT2D eigenvalue weighted by Crippen LogP contribution is -2.39. The highest BCUT2D eigenvalue weighted by Crippen LogP contribution is 2.19. The quantitative estimate of drug-likeness (QED) is 0.674. The third-order valence-electron chi connectivity index (χ3n) is 2.34. The number of hydrogen-bond donors (Lipinski definition) is 1. The molecule has 0 atom stereocenters. The van der Waals surface area contributed by atoms with E-state index in [4.69, 9.17) is 5.73 Å². The molecule has 0 aromatic rings. The van der Waals surface area contributed by atoms with Crippen LogP contribution in [-0.4, -0.2) is 30.4 Å². The van der Waals surface area contributed by atoms with E-state index in [0.29, 0.717) is 6.54 Å². The first-order valence-electron chi connectivity index (χ1n) is 4.53. The number of carbonyl (C=O) groups excluding carboxylic acids is 1. The molecule has 1 saturated heterocycles. The van der Waals surface area contributed by atoms with Gasteiger partial charge in [-0.05, 0) is 18.4 Å².